The number of hydrogen-bond donors (Lipinski definition) is 0. The lowest BCUT2D eigenvalue weighted by atomic mass is 10.2. The predicted octanol–water partition coefficient (Wildman–Crippen LogP) is 8.88. The van der Waals surface area contributed by atoms with Crippen molar-refractivity contribution < 1.29 is 0 Å². The number of benzene rings is 3. The average molecular weight is 609 g/mol. The van der Waals surface area contributed by atoms with Crippen LogP contribution >= 0.6 is 85.2 Å². The van der Waals surface area contributed by atoms with Crippen LogP contribution in [0.2, 0.25) is 6.55 Å². The normalized spacial score (nSPS) is 13.2. The minimum absolute atomic E-state index is 0.724. The first-order chi connectivity index (χ1) is 14.3. The molecule has 3 aromatic rings. The Kier molecular flexibility index (Phi) is 8.24. The predicted molar refractivity (Wildman–Crippen MR) is 151 cm³/mol. The number of halogens is 7. The van der Waals surface area contributed by atoms with E-state index < -0.39 is 21.2 Å². The summed E-state index contributed by atoms with van der Waals surface area (Å²) in [5, 5.41) is 1.66. The number of hydrogen-bond acceptors (Lipinski definition) is 1. The van der Waals surface area contributed by atoms with Gasteiger partial charge in [-0.3, -0.25) is 0 Å². The second-order valence-electron chi connectivity index (χ2n) is 7.03. The van der Waals surface area contributed by atoms with Crippen LogP contribution in [0.15, 0.2) is 77.7 Å². The van der Waals surface area contributed by atoms with Crippen LogP contribution in [0.1, 0.15) is 0 Å². The maximum absolute atomic E-state index is 6.38. The zero-order valence-corrected chi connectivity index (χ0v) is 24.5. The molecule has 166 valence electrons. The topological polar surface area (TPSA) is 3.24 Å². The van der Waals surface area contributed by atoms with E-state index in [-0.39, 0.29) is 0 Å². The summed E-state index contributed by atoms with van der Waals surface area (Å²) < 4.78 is 0. The van der Waals surface area contributed by atoms with E-state index in [0.29, 0.717) is 0 Å². The molecule has 0 unspecified atom stereocenters. The van der Waals surface area contributed by atoms with Crippen LogP contribution in [0, 0.1) is 0 Å². The van der Waals surface area contributed by atoms with Crippen LogP contribution < -0.4 is 15.3 Å². The van der Waals surface area contributed by atoms with Gasteiger partial charge in [0.25, 0.3) is 6.69 Å². The van der Waals surface area contributed by atoms with E-state index in [0.717, 1.165) is 32.3 Å². The van der Waals surface area contributed by atoms with Crippen molar-refractivity contribution in [3.8, 4) is 0 Å². The van der Waals surface area contributed by atoms with Gasteiger partial charge in [0.2, 0.25) is 0 Å². The summed E-state index contributed by atoms with van der Waals surface area (Å²) in [7, 11) is 10.8. The van der Waals surface area contributed by atoms with Crippen molar-refractivity contribution >= 4 is 125 Å². The monoisotopic (exact) mass is 605 g/mol. The standard InChI is InChI=1S/C20H18Cl7NSSi2/c1-29(21,22)18-9-3-15(4-10-18)28(16-5-11-19(12-6-16)30(2,23)24)17-7-13-20(14-8-17)31(25,26)27/h3-14H,1-2H3. The smallest absolute Gasteiger partial charge is 0.311 e. The van der Waals surface area contributed by atoms with Gasteiger partial charge in [0, 0.05) is 22.0 Å². The first-order valence-electron chi connectivity index (χ1n) is 9.00. The van der Waals surface area contributed by atoms with E-state index in [1.54, 1.807) is 0 Å². The first kappa shape index (κ1) is 25.9. The molecule has 31 heavy (non-hydrogen) atoms. The van der Waals surface area contributed by atoms with Crippen molar-refractivity contribution in [2.24, 2.45) is 0 Å². The molecule has 0 fully saturated rings. The van der Waals surface area contributed by atoms with Gasteiger partial charge in [-0.05, 0) is 93.1 Å². The Labute approximate surface area is 219 Å². The molecule has 3 aromatic carbocycles. The fourth-order valence-electron chi connectivity index (χ4n) is 2.98. The molecule has 0 atom stereocenters. The van der Waals surface area contributed by atoms with Gasteiger partial charge in [-0.1, -0.05) is 32.7 Å². The molecular weight excluding hydrogens is 591 g/mol. The largest absolute Gasteiger partial charge is 0.372 e. The molecule has 0 saturated carbocycles. The van der Waals surface area contributed by atoms with Crippen LogP contribution in [-0.4, -0.2) is 19.0 Å². The summed E-state index contributed by atoms with van der Waals surface area (Å²) in [4.78, 5) is 2.98. The first-order valence-corrected chi connectivity index (χ1v) is 22.3. The van der Waals surface area contributed by atoms with Gasteiger partial charge in [-0.2, -0.15) is 0 Å². The van der Waals surface area contributed by atoms with E-state index in [1.165, 1.54) is 0 Å². The molecular formula is C20H18Cl7NSSi2. The molecule has 0 saturated heterocycles. The Balaban J connectivity index is 2.08. The highest BCUT2D eigenvalue weighted by molar-refractivity contribution is 8.65. The van der Waals surface area contributed by atoms with Crippen molar-refractivity contribution in [3.63, 3.8) is 0 Å². The quantitative estimate of drug-likeness (QED) is 0.200. The highest BCUT2D eigenvalue weighted by Crippen LogP contribution is 2.62. The maximum atomic E-state index is 6.38. The molecule has 0 bridgehead atoms. The summed E-state index contributed by atoms with van der Waals surface area (Å²) in [6.07, 6.45) is 1.82. The van der Waals surface area contributed by atoms with Crippen molar-refractivity contribution in [2.45, 2.75) is 11.4 Å². The van der Waals surface area contributed by atoms with E-state index in [2.05, 4.69) is 4.90 Å². The minimum atomic E-state index is -2.96. The second-order valence-corrected chi connectivity index (χ2v) is 29.0. The van der Waals surface area contributed by atoms with Gasteiger partial charge in [-0.15, -0.1) is 55.4 Å². The summed E-state index contributed by atoms with van der Waals surface area (Å²) >= 11 is 31.2. The van der Waals surface area contributed by atoms with Crippen molar-refractivity contribution in [1.82, 2.24) is 0 Å². The van der Waals surface area contributed by atoms with E-state index in [9.17, 15) is 0 Å². The molecule has 0 radical (unpaired) electrons. The molecule has 0 spiro atoms. The number of rotatable bonds is 6. The Hall–Kier alpha value is 0.274. The molecule has 0 aliphatic heterocycles. The van der Waals surface area contributed by atoms with Gasteiger partial charge in [0.1, 0.15) is 0 Å². The van der Waals surface area contributed by atoms with Gasteiger partial charge in [0.15, 0.2) is 0 Å². The lowest BCUT2D eigenvalue weighted by molar-refractivity contribution is 1.27. The summed E-state index contributed by atoms with van der Waals surface area (Å²) in [6, 6.07) is 20.4. The highest BCUT2D eigenvalue weighted by Gasteiger charge is 2.28. The van der Waals surface area contributed by atoms with Gasteiger partial charge >= 0.3 is 6.00 Å². The summed E-state index contributed by atoms with van der Waals surface area (Å²) in [5.74, 6) is 0. The van der Waals surface area contributed by atoms with E-state index >= 15 is 0 Å². The van der Waals surface area contributed by atoms with Gasteiger partial charge < -0.3 is 4.90 Å². The summed E-state index contributed by atoms with van der Waals surface area (Å²) in [6.45, 7) is -0.573. The molecule has 3 rings (SSSR count). The molecule has 0 amide bonds. The Morgan fingerprint density at radius 2 is 0.968 bits per heavy atom. The second kappa shape index (κ2) is 9.87. The molecule has 0 aliphatic carbocycles. The molecule has 1 nitrogen and oxygen atoms in total. The van der Waals surface area contributed by atoms with Crippen LogP contribution in [0.25, 0.3) is 0 Å². The van der Waals surface area contributed by atoms with Crippen LogP contribution in [0.4, 0.5) is 17.1 Å². The third-order valence-electron chi connectivity index (χ3n) is 4.59. The zero-order chi connectivity index (χ0) is 23.0. The fraction of sp³-hybridized carbons (Fsp3) is 0.100. The summed E-state index contributed by atoms with van der Waals surface area (Å²) in [5.41, 5.74) is 2.79. The zero-order valence-electron chi connectivity index (χ0n) is 16.4. The molecule has 0 aliphatic rings. The third kappa shape index (κ3) is 6.66. The highest BCUT2D eigenvalue weighted by atomic mass is 36.0. The molecule has 0 heterocycles. The Morgan fingerprint density at radius 1 is 0.613 bits per heavy atom. The Morgan fingerprint density at radius 3 is 1.29 bits per heavy atom. The van der Waals surface area contributed by atoms with Crippen LogP contribution in [-0.2, 0) is 0 Å². The van der Waals surface area contributed by atoms with Crippen LogP contribution in [0.5, 0.6) is 0 Å². The van der Waals surface area contributed by atoms with Crippen molar-refractivity contribution in [2.75, 3.05) is 11.2 Å². The van der Waals surface area contributed by atoms with E-state index in [1.807, 2.05) is 85.6 Å². The maximum Gasteiger partial charge on any atom is 0.372 e. The Bertz CT molecular complexity index is 889. The van der Waals surface area contributed by atoms with Gasteiger partial charge in [-0.25, -0.2) is 0 Å². The van der Waals surface area contributed by atoms with Crippen LogP contribution in [0.3, 0.4) is 0 Å². The van der Waals surface area contributed by atoms with Gasteiger partial charge in [0.05, 0.1) is 0 Å². The minimum Gasteiger partial charge on any atom is -0.311 e. The molecule has 0 N–H and O–H groups in total. The molecule has 11 heteroatoms. The van der Waals surface area contributed by atoms with Crippen molar-refractivity contribution in [3.05, 3.63) is 72.8 Å². The van der Waals surface area contributed by atoms with Crippen molar-refractivity contribution in [1.29, 1.82) is 0 Å². The third-order valence-corrected chi connectivity index (χ3v) is 12.4. The molecule has 0 aromatic heterocycles. The fourth-order valence-corrected chi connectivity index (χ4v) is 7.40. The SMILES string of the molecule is C[Si](Cl)(Cl)c1ccc(N(c2ccc([Si](Cl)(Cl)Cl)cc2)c2ccc(S(C)(Cl)Cl)cc2)cc1. The average Bonchev–Trinajstić information content (AvgIpc) is 2.67. The van der Waals surface area contributed by atoms with E-state index in [4.69, 9.17) is 76.8 Å². The lowest BCUT2D eigenvalue weighted by Crippen LogP contribution is -2.32. The lowest BCUT2D eigenvalue weighted by Gasteiger charge is -2.27. The number of nitrogens with zero attached hydrogens (tertiary/aromatic N) is 1. The number of anilines is 3.